The molecule has 1 fully saturated rings. The average Bonchev–Trinajstić information content (AvgIpc) is 2.84. The Morgan fingerprint density at radius 3 is 2.74 bits per heavy atom. The topological polar surface area (TPSA) is 110 Å². The Labute approximate surface area is 136 Å². The Bertz CT molecular complexity index is 733. The van der Waals surface area contributed by atoms with Crippen molar-refractivity contribution >= 4 is 35.2 Å². The molecule has 2 atom stereocenters. The molecule has 0 spiro atoms. The van der Waals surface area contributed by atoms with Gasteiger partial charge >= 0.3 is 0 Å². The monoisotopic (exact) mass is 335 g/mol. The van der Waals surface area contributed by atoms with Crippen LogP contribution in [0.15, 0.2) is 18.2 Å². The van der Waals surface area contributed by atoms with Gasteiger partial charge in [-0.1, -0.05) is 12.1 Å². The van der Waals surface area contributed by atoms with Gasteiger partial charge in [0.25, 0.3) is 5.91 Å². The van der Waals surface area contributed by atoms with E-state index in [0.29, 0.717) is 16.7 Å². The second kappa shape index (κ2) is 5.66. The zero-order chi connectivity index (χ0) is 16.7. The third-order valence-corrected chi connectivity index (χ3v) is 4.59. The number of primary amides is 1. The molecule has 2 aliphatic rings. The Morgan fingerprint density at radius 2 is 2.09 bits per heavy atom. The highest BCUT2D eigenvalue weighted by Gasteiger charge is 2.40. The van der Waals surface area contributed by atoms with Crippen molar-refractivity contribution in [3.8, 4) is 0 Å². The first kappa shape index (κ1) is 15.5. The highest BCUT2D eigenvalue weighted by molar-refractivity contribution is 6.30. The lowest BCUT2D eigenvalue weighted by Crippen LogP contribution is -2.52. The molecule has 0 radical (unpaired) electrons. The highest BCUT2D eigenvalue weighted by Crippen LogP contribution is 2.34. The molecule has 0 aliphatic carbocycles. The number of hydrogen-bond acceptors (Lipinski definition) is 4. The van der Waals surface area contributed by atoms with Crippen molar-refractivity contribution in [2.75, 3.05) is 0 Å². The lowest BCUT2D eigenvalue weighted by atomic mass is 10.0. The van der Waals surface area contributed by atoms with Crippen LogP contribution in [0.2, 0.25) is 0 Å². The third-order valence-electron chi connectivity index (χ3n) is 4.14. The summed E-state index contributed by atoms with van der Waals surface area (Å²) in [7, 11) is 0. The van der Waals surface area contributed by atoms with Crippen LogP contribution in [0.4, 0.5) is 0 Å². The Kier molecular flexibility index (Phi) is 3.81. The first-order valence-electron chi connectivity index (χ1n) is 7.10. The van der Waals surface area contributed by atoms with E-state index in [4.69, 9.17) is 17.3 Å². The van der Waals surface area contributed by atoms with Gasteiger partial charge < -0.3 is 10.6 Å². The summed E-state index contributed by atoms with van der Waals surface area (Å²) in [6.45, 7) is 0.160. The van der Waals surface area contributed by atoms with E-state index in [-0.39, 0.29) is 31.2 Å². The summed E-state index contributed by atoms with van der Waals surface area (Å²) in [5.74, 6) is -1.84. The molecular formula is C15H14ClN3O4. The maximum atomic E-state index is 12.6. The summed E-state index contributed by atoms with van der Waals surface area (Å²) in [5.41, 5.74) is 6.71. The van der Waals surface area contributed by atoms with E-state index in [1.165, 1.54) is 4.90 Å². The number of nitrogens with zero attached hydrogens (tertiary/aromatic N) is 1. The number of piperidine rings is 1. The van der Waals surface area contributed by atoms with Gasteiger partial charge in [-0.2, -0.15) is 0 Å². The molecule has 3 rings (SSSR count). The average molecular weight is 336 g/mol. The van der Waals surface area contributed by atoms with Crippen LogP contribution in [-0.2, 0) is 20.9 Å². The Morgan fingerprint density at radius 1 is 1.35 bits per heavy atom. The van der Waals surface area contributed by atoms with Gasteiger partial charge in [-0.25, -0.2) is 0 Å². The predicted octanol–water partition coefficient (Wildman–Crippen LogP) is 0.213. The molecule has 0 bridgehead atoms. The van der Waals surface area contributed by atoms with E-state index < -0.39 is 23.2 Å². The van der Waals surface area contributed by atoms with Gasteiger partial charge in [0.05, 0.1) is 0 Å². The number of carbonyl (C=O) groups is 4. The van der Waals surface area contributed by atoms with Gasteiger partial charge in [0, 0.05) is 18.5 Å². The number of halogens is 1. The van der Waals surface area contributed by atoms with Crippen molar-refractivity contribution in [1.82, 2.24) is 10.2 Å². The SMILES string of the molecule is NC(=O)C(Cl)c1cccc2c1CN(C1CCC(=O)NC1=O)C2=O. The van der Waals surface area contributed by atoms with Crippen LogP contribution >= 0.6 is 11.6 Å². The van der Waals surface area contributed by atoms with E-state index in [9.17, 15) is 19.2 Å². The van der Waals surface area contributed by atoms with Gasteiger partial charge in [-0.15, -0.1) is 11.6 Å². The van der Waals surface area contributed by atoms with Gasteiger partial charge in [-0.05, 0) is 23.6 Å². The van der Waals surface area contributed by atoms with Crippen LogP contribution < -0.4 is 11.1 Å². The molecule has 1 saturated heterocycles. The fourth-order valence-electron chi connectivity index (χ4n) is 3.00. The van der Waals surface area contributed by atoms with Crippen LogP contribution in [0.25, 0.3) is 0 Å². The minimum absolute atomic E-state index is 0.160. The Balaban J connectivity index is 1.93. The fraction of sp³-hybridized carbons (Fsp3) is 0.333. The number of nitrogens with one attached hydrogen (secondary N) is 1. The highest BCUT2D eigenvalue weighted by atomic mass is 35.5. The third kappa shape index (κ3) is 2.57. The van der Waals surface area contributed by atoms with Crippen LogP contribution in [0.1, 0.15) is 39.7 Å². The van der Waals surface area contributed by atoms with Gasteiger partial charge in [0.1, 0.15) is 11.4 Å². The number of hydrogen-bond donors (Lipinski definition) is 2. The number of benzene rings is 1. The summed E-state index contributed by atoms with van der Waals surface area (Å²) in [4.78, 5) is 48.6. The minimum atomic E-state index is -1.04. The number of amides is 4. The number of alkyl halides is 1. The van der Waals surface area contributed by atoms with Gasteiger partial charge in [0.2, 0.25) is 17.7 Å². The largest absolute Gasteiger partial charge is 0.368 e. The molecule has 3 N–H and O–H groups in total. The predicted molar refractivity (Wildman–Crippen MR) is 80.3 cm³/mol. The summed E-state index contributed by atoms with van der Waals surface area (Å²) in [6.07, 6.45) is 0.461. The van der Waals surface area contributed by atoms with E-state index >= 15 is 0 Å². The summed E-state index contributed by atoms with van der Waals surface area (Å²) in [5, 5.41) is 1.20. The molecule has 4 amide bonds. The van der Waals surface area contributed by atoms with Gasteiger partial charge in [0.15, 0.2) is 0 Å². The molecular weight excluding hydrogens is 322 g/mol. The molecule has 2 aliphatic heterocycles. The zero-order valence-electron chi connectivity index (χ0n) is 12.0. The molecule has 1 aromatic rings. The number of nitrogens with two attached hydrogens (primary N) is 1. The molecule has 0 saturated carbocycles. The second-order valence-electron chi connectivity index (χ2n) is 5.54. The number of fused-ring (bicyclic) bond motifs is 1. The van der Waals surface area contributed by atoms with Crippen molar-refractivity contribution in [2.45, 2.75) is 30.8 Å². The van der Waals surface area contributed by atoms with E-state index in [1.807, 2.05) is 0 Å². The summed E-state index contributed by atoms with van der Waals surface area (Å²) >= 11 is 6.03. The van der Waals surface area contributed by atoms with Crippen LogP contribution in [0, 0.1) is 0 Å². The van der Waals surface area contributed by atoms with Crippen LogP contribution in [-0.4, -0.2) is 34.6 Å². The van der Waals surface area contributed by atoms with E-state index in [0.717, 1.165) is 0 Å². The lowest BCUT2D eigenvalue weighted by Gasteiger charge is -2.29. The minimum Gasteiger partial charge on any atom is -0.368 e. The standard InChI is InChI=1S/C15H14ClN3O4/c16-12(13(17)21)7-2-1-3-8-9(7)6-19(15(8)23)10-4-5-11(20)18-14(10)22/h1-3,10,12H,4-6H2,(H2,17,21)(H,18,20,22). The molecule has 7 nitrogen and oxygen atoms in total. The molecule has 1 aromatic carbocycles. The fourth-order valence-corrected chi connectivity index (χ4v) is 3.20. The number of imide groups is 1. The summed E-state index contributed by atoms with van der Waals surface area (Å²) < 4.78 is 0. The molecule has 2 heterocycles. The number of rotatable bonds is 3. The van der Waals surface area contributed by atoms with E-state index in [1.54, 1.807) is 18.2 Å². The van der Waals surface area contributed by atoms with Crippen molar-refractivity contribution in [3.05, 3.63) is 34.9 Å². The normalized spacial score (nSPS) is 21.9. The number of carbonyl (C=O) groups excluding carboxylic acids is 4. The molecule has 23 heavy (non-hydrogen) atoms. The summed E-state index contributed by atoms with van der Waals surface area (Å²) in [6, 6.07) is 4.18. The van der Waals surface area contributed by atoms with Gasteiger partial charge in [-0.3, -0.25) is 24.5 Å². The smallest absolute Gasteiger partial charge is 0.255 e. The first-order chi connectivity index (χ1) is 10.9. The second-order valence-corrected chi connectivity index (χ2v) is 5.97. The maximum Gasteiger partial charge on any atom is 0.255 e. The maximum absolute atomic E-state index is 12.6. The molecule has 2 unspecified atom stereocenters. The van der Waals surface area contributed by atoms with Crippen LogP contribution in [0.5, 0.6) is 0 Å². The zero-order valence-corrected chi connectivity index (χ0v) is 12.8. The van der Waals surface area contributed by atoms with E-state index in [2.05, 4.69) is 5.32 Å². The molecule has 0 aromatic heterocycles. The van der Waals surface area contributed by atoms with Crippen molar-refractivity contribution in [2.24, 2.45) is 5.73 Å². The molecule has 8 heteroatoms. The lowest BCUT2D eigenvalue weighted by molar-refractivity contribution is -0.137. The quantitative estimate of drug-likeness (QED) is 0.608. The van der Waals surface area contributed by atoms with Crippen LogP contribution in [0.3, 0.4) is 0 Å². The van der Waals surface area contributed by atoms with Crippen molar-refractivity contribution in [3.63, 3.8) is 0 Å². The van der Waals surface area contributed by atoms with Crippen molar-refractivity contribution in [1.29, 1.82) is 0 Å². The van der Waals surface area contributed by atoms with Crippen molar-refractivity contribution < 1.29 is 19.2 Å². The molecule has 120 valence electrons. The first-order valence-corrected chi connectivity index (χ1v) is 7.53. The Hall–Kier alpha value is -2.41.